The molecule has 1 aliphatic rings. The molecule has 0 aliphatic heterocycles. The second kappa shape index (κ2) is 5.48. The van der Waals surface area contributed by atoms with Gasteiger partial charge in [-0.2, -0.15) is 0 Å². The first-order valence-corrected chi connectivity index (χ1v) is 7.99. The zero-order chi connectivity index (χ0) is 15.0. The highest BCUT2D eigenvalue weighted by Crippen LogP contribution is 2.42. The van der Waals surface area contributed by atoms with Gasteiger partial charge in [0.2, 0.25) is 0 Å². The number of thiazole rings is 1. The van der Waals surface area contributed by atoms with Crippen LogP contribution in [0.4, 0.5) is 10.8 Å². The molecule has 1 heterocycles. The summed E-state index contributed by atoms with van der Waals surface area (Å²) < 4.78 is 0. The number of carboxylic acids is 1. The highest BCUT2D eigenvalue weighted by molar-refractivity contribution is 7.17. The first-order valence-electron chi connectivity index (χ1n) is 7.17. The van der Waals surface area contributed by atoms with Crippen molar-refractivity contribution in [3.63, 3.8) is 0 Å². The van der Waals surface area contributed by atoms with Crippen molar-refractivity contribution in [1.29, 1.82) is 0 Å². The number of aromatic carboxylic acids is 1. The topological polar surface area (TPSA) is 53.4 Å². The number of carboxylic acid groups (broad SMARTS) is 1. The summed E-state index contributed by atoms with van der Waals surface area (Å²) in [4.78, 5) is 17.6. The largest absolute Gasteiger partial charge is 0.477 e. The van der Waals surface area contributed by atoms with Crippen LogP contribution in [-0.2, 0) is 0 Å². The first kappa shape index (κ1) is 14.1. The molecule has 0 saturated heterocycles. The van der Waals surface area contributed by atoms with Crippen LogP contribution in [0.25, 0.3) is 0 Å². The van der Waals surface area contributed by atoms with Crippen molar-refractivity contribution in [2.45, 2.75) is 32.6 Å². The fraction of sp³-hybridized carbons (Fsp3) is 0.375. The monoisotopic (exact) mass is 302 g/mol. The average Bonchev–Trinajstić information content (AvgIpc) is 3.17. The molecule has 0 amide bonds. The van der Waals surface area contributed by atoms with Gasteiger partial charge in [-0.25, -0.2) is 9.78 Å². The zero-order valence-corrected chi connectivity index (χ0v) is 13.0. The van der Waals surface area contributed by atoms with Crippen LogP contribution in [0.5, 0.6) is 0 Å². The number of aromatic nitrogens is 1. The van der Waals surface area contributed by atoms with E-state index in [4.69, 9.17) is 5.11 Å². The third-order valence-electron chi connectivity index (χ3n) is 3.83. The van der Waals surface area contributed by atoms with E-state index in [-0.39, 0.29) is 4.88 Å². The fourth-order valence-corrected chi connectivity index (χ4v) is 3.44. The maximum absolute atomic E-state index is 11.0. The Kier molecular flexibility index (Phi) is 3.68. The van der Waals surface area contributed by atoms with Crippen LogP contribution in [0.3, 0.4) is 0 Å². The third-order valence-corrected chi connectivity index (χ3v) is 4.84. The van der Waals surface area contributed by atoms with Gasteiger partial charge in [-0.3, -0.25) is 0 Å². The summed E-state index contributed by atoms with van der Waals surface area (Å²) in [6.07, 6.45) is 4.02. The van der Waals surface area contributed by atoms with Crippen molar-refractivity contribution in [1.82, 2.24) is 4.98 Å². The normalized spacial score (nSPS) is 14.2. The van der Waals surface area contributed by atoms with Gasteiger partial charge in [0.1, 0.15) is 4.88 Å². The highest BCUT2D eigenvalue weighted by Gasteiger charge is 2.25. The van der Waals surface area contributed by atoms with Gasteiger partial charge in [0.15, 0.2) is 5.13 Å². The van der Waals surface area contributed by atoms with E-state index in [1.54, 1.807) is 0 Å². The van der Waals surface area contributed by atoms with Crippen LogP contribution in [0.2, 0.25) is 0 Å². The van der Waals surface area contributed by atoms with Crippen LogP contribution in [-0.4, -0.2) is 22.6 Å². The van der Waals surface area contributed by atoms with Crippen LogP contribution < -0.4 is 4.90 Å². The lowest BCUT2D eigenvalue weighted by atomic mass is 10.0. The van der Waals surface area contributed by atoms with Gasteiger partial charge < -0.3 is 10.0 Å². The number of hydrogen-bond acceptors (Lipinski definition) is 4. The Morgan fingerprint density at radius 1 is 1.48 bits per heavy atom. The maximum Gasteiger partial charge on any atom is 0.347 e. The molecule has 1 N–H and O–H groups in total. The van der Waals surface area contributed by atoms with E-state index in [2.05, 4.69) is 35.0 Å². The lowest BCUT2D eigenvalue weighted by Crippen LogP contribution is -2.15. The molecular weight excluding hydrogens is 284 g/mol. The predicted octanol–water partition coefficient (Wildman–Crippen LogP) is 4.19. The summed E-state index contributed by atoms with van der Waals surface area (Å²) in [7, 11) is 0. The molecule has 0 bridgehead atoms. The molecular formula is C16H18N2O2S. The second-order valence-electron chi connectivity index (χ2n) is 5.37. The Balaban J connectivity index is 1.91. The van der Waals surface area contributed by atoms with E-state index in [1.807, 2.05) is 6.92 Å². The highest BCUT2D eigenvalue weighted by atomic mass is 32.1. The summed E-state index contributed by atoms with van der Waals surface area (Å²) in [6.45, 7) is 4.95. The molecule has 1 fully saturated rings. The van der Waals surface area contributed by atoms with Crippen molar-refractivity contribution >= 4 is 28.1 Å². The summed E-state index contributed by atoms with van der Waals surface area (Å²) in [5, 5.41) is 9.75. The van der Waals surface area contributed by atoms with Crippen LogP contribution >= 0.6 is 11.3 Å². The minimum Gasteiger partial charge on any atom is -0.477 e. The van der Waals surface area contributed by atoms with Gasteiger partial charge in [0.25, 0.3) is 0 Å². The molecule has 0 spiro atoms. The number of hydrogen-bond donors (Lipinski definition) is 1. The quantitative estimate of drug-likeness (QED) is 0.900. The minimum absolute atomic E-state index is 0.273. The van der Waals surface area contributed by atoms with E-state index in [9.17, 15) is 4.79 Å². The number of nitrogens with zero attached hydrogens (tertiary/aromatic N) is 2. The summed E-state index contributed by atoms with van der Waals surface area (Å²) in [5.74, 6) is -0.178. The van der Waals surface area contributed by atoms with Gasteiger partial charge in [-0.05, 0) is 55.9 Å². The van der Waals surface area contributed by atoms with Gasteiger partial charge in [0.05, 0.1) is 6.20 Å². The standard InChI is InChI=1S/C16H18N2O2S/c1-3-18(16-17-9-14(21-16)15(19)20)12-6-7-13(10(2)8-12)11-4-5-11/h6-9,11H,3-5H2,1-2H3,(H,19,20). The van der Waals surface area contributed by atoms with E-state index >= 15 is 0 Å². The molecule has 0 atom stereocenters. The number of anilines is 2. The first-order chi connectivity index (χ1) is 10.1. The maximum atomic E-state index is 11.0. The summed E-state index contributed by atoms with van der Waals surface area (Å²) in [6, 6.07) is 6.50. The lowest BCUT2D eigenvalue weighted by Gasteiger charge is -2.21. The molecule has 3 rings (SSSR count). The Labute approximate surface area is 128 Å². The number of carbonyl (C=O) groups is 1. The molecule has 1 aliphatic carbocycles. The smallest absolute Gasteiger partial charge is 0.347 e. The van der Waals surface area contributed by atoms with Crippen LogP contribution in [0.1, 0.15) is 46.5 Å². The van der Waals surface area contributed by atoms with Crippen LogP contribution in [0, 0.1) is 6.92 Å². The van der Waals surface area contributed by atoms with Crippen molar-refractivity contribution in [3.8, 4) is 0 Å². The Bertz CT molecular complexity index is 677. The molecule has 2 aromatic rings. The van der Waals surface area contributed by atoms with Gasteiger partial charge >= 0.3 is 5.97 Å². The molecule has 21 heavy (non-hydrogen) atoms. The van der Waals surface area contributed by atoms with Crippen molar-refractivity contribution in [2.75, 3.05) is 11.4 Å². The third kappa shape index (κ3) is 2.78. The molecule has 0 unspecified atom stereocenters. The molecule has 5 heteroatoms. The van der Waals surface area contributed by atoms with E-state index < -0.39 is 5.97 Å². The number of benzene rings is 1. The Morgan fingerprint density at radius 3 is 2.76 bits per heavy atom. The average molecular weight is 302 g/mol. The number of rotatable bonds is 5. The fourth-order valence-electron chi connectivity index (χ4n) is 2.60. The van der Waals surface area contributed by atoms with E-state index in [0.717, 1.165) is 23.3 Å². The van der Waals surface area contributed by atoms with Crippen molar-refractivity contribution in [3.05, 3.63) is 40.4 Å². The molecule has 4 nitrogen and oxygen atoms in total. The summed E-state index contributed by atoms with van der Waals surface area (Å²) >= 11 is 1.21. The SMILES string of the molecule is CCN(c1ccc(C2CC2)c(C)c1)c1ncc(C(=O)O)s1. The minimum atomic E-state index is -0.921. The lowest BCUT2D eigenvalue weighted by molar-refractivity contribution is 0.0702. The van der Waals surface area contributed by atoms with Crippen LogP contribution in [0.15, 0.2) is 24.4 Å². The molecule has 1 aromatic heterocycles. The predicted molar refractivity (Wildman–Crippen MR) is 84.9 cm³/mol. The van der Waals surface area contributed by atoms with Gasteiger partial charge in [-0.1, -0.05) is 17.4 Å². The molecule has 0 radical (unpaired) electrons. The molecule has 110 valence electrons. The van der Waals surface area contributed by atoms with Crippen molar-refractivity contribution in [2.24, 2.45) is 0 Å². The van der Waals surface area contributed by atoms with Gasteiger partial charge in [0, 0.05) is 12.2 Å². The van der Waals surface area contributed by atoms with Crippen molar-refractivity contribution < 1.29 is 9.90 Å². The molecule has 1 saturated carbocycles. The van der Waals surface area contributed by atoms with E-state index in [1.165, 1.54) is 41.5 Å². The Hall–Kier alpha value is -1.88. The second-order valence-corrected chi connectivity index (χ2v) is 6.38. The zero-order valence-electron chi connectivity index (χ0n) is 12.2. The van der Waals surface area contributed by atoms with Gasteiger partial charge in [-0.15, -0.1) is 0 Å². The Morgan fingerprint density at radius 2 is 2.24 bits per heavy atom. The number of aryl methyl sites for hydroxylation is 1. The summed E-state index contributed by atoms with van der Waals surface area (Å²) in [5.41, 5.74) is 3.83. The van der Waals surface area contributed by atoms with E-state index in [0.29, 0.717) is 0 Å². The molecule has 1 aromatic carbocycles.